The summed E-state index contributed by atoms with van der Waals surface area (Å²) in [5.41, 5.74) is 7.90. The molecule has 0 saturated carbocycles. The fourth-order valence-electron chi connectivity index (χ4n) is 1.02. The Balaban J connectivity index is 2.57. The fourth-order valence-corrected chi connectivity index (χ4v) is 1.66. The van der Waals surface area contributed by atoms with Crippen molar-refractivity contribution < 1.29 is 0 Å². The van der Waals surface area contributed by atoms with Crippen LogP contribution in [0.5, 0.6) is 0 Å². The Bertz CT molecular complexity index is 413. The fraction of sp³-hybridized carbons (Fsp3) is 0. The molecule has 5 heteroatoms. The van der Waals surface area contributed by atoms with Crippen molar-refractivity contribution in [3.8, 4) is 11.3 Å². The Morgan fingerprint density at radius 1 is 1.38 bits per heavy atom. The monoisotopic (exact) mass is 211 g/mol. The molecule has 2 N–H and O–H groups in total. The third-order valence-electron chi connectivity index (χ3n) is 1.63. The summed E-state index contributed by atoms with van der Waals surface area (Å²) in [7, 11) is 0. The number of rotatable bonds is 1. The third-order valence-corrected chi connectivity index (χ3v) is 2.44. The molecular formula is C8H6ClN3S. The van der Waals surface area contributed by atoms with E-state index in [-0.39, 0.29) is 0 Å². The predicted octanol–water partition coefficient (Wildman–Crippen LogP) is 2.44. The van der Waals surface area contributed by atoms with Gasteiger partial charge in [0.25, 0.3) is 0 Å². The molecule has 0 spiro atoms. The van der Waals surface area contributed by atoms with Crippen molar-refractivity contribution in [3.63, 3.8) is 0 Å². The quantitative estimate of drug-likeness (QED) is 0.738. The number of anilines is 1. The minimum atomic E-state index is 0.641. The van der Waals surface area contributed by atoms with Crippen LogP contribution in [0.1, 0.15) is 0 Å². The first kappa shape index (κ1) is 8.47. The first-order chi connectivity index (χ1) is 6.27. The largest absolute Gasteiger partial charge is 0.399 e. The number of nitrogens with two attached hydrogens (primary N) is 1. The maximum Gasteiger partial charge on any atom is 0.106 e. The number of hydrogen-bond acceptors (Lipinski definition) is 4. The summed E-state index contributed by atoms with van der Waals surface area (Å²) < 4.78 is 7.98. The summed E-state index contributed by atoms with van der Waals surface area (Å²) in [5, 5.41) is 0.641. The van der Waals surface area contributed by atoms with Crippen LogP contribution in [-0.4, -0.2) is 8.75 Å². The molecule has 1 heterocycles. The van der Waals surface area contributed by atoms with Crippen LogP contribution in [0.15, 0.2) is 24.4 Å². The highest BCUT2D eigenvalue weighted by atomic mass is 35.5. The molecule has 0 fully saturated rings. The smallest absolute Gasteiger partial charge is 0.106 e. The van der Waals surface area contributed by atoms with Gasteiger partial charge in [0.2, 0.25) is 0 Å². The van der Waals surface area contributed by atoms with Crippen molar-refractivity contribution in [2.45, 2.75) is 0 Å². The van der Waals surface area contributed by atoms with Crippen LogP contribution in [0.25, 0.3) is 11.3 Å². The van der Waals surface area contributed by atoms with Gasteiger partial charge in [-0.15, -0.1) is 0 Å². The Morgan fingerprint density at radius 3 is 2.92 bits per heavy atom. The van der Waals surface area contributed by atoms with E-state index in [0.29, 0.717) is 10.7 Å². The highest BCUT2D eigenvalue weighted by molar-refractivity contribution is 6.99. The minimum absolute atomic E-state index is 0.641. The van der Waals surface area contributed by atoms with Crippen molar-refractivity contribution in [2.75, 3.05) is 5.73 Å². The van der Waals surface area contributed by atoms with Crippen LogP contribution in [0, 0.1) is 0 Å². The standard InChI is InChI=1S/C8H6ClN3S/c9-7-2-1-5(10)3-6(7)8-4-11-13-12-8/h1-4H,10H2. The lowest BCUT2D eigenvalue weighted by molar-refractivity contribution is 1.49. The van der Waals surface area contributed by atoms with E-state index in [4.69, 9.17) is 17.3 Å². The van der Waals surface area contributed by atoms with Crippen molar-refractivity contribution in [3.05, 3.63) is 29.4 Å². The third kappa shape index (κ3) is 1.64. The number of aromatic nitrogens is 2. The molecule has 2 rings (SSSR count). The maximum atomic E-state index is 5.97. The van der Waals surface area contributed by atoms with Crippen LogP contribution in [-0.2, 0) is 0 Å². The number of nitrogen functional groups attached to an aromatic ring is 1. The maximum absolute atomic E-state index is 5.97. The predicted molar refractivity (Wildman–Crippen MR) is 54.8 cm³/mol. The highest BCUT2D eigenvalue weighted by Crippen LogP contribution is 2.28. The topological polar surface area (TPSA) is 51.8 Å². The van der Waals surface area contributed by atoms with Crippen LogP contribution in [0.3, 0.4) is 0 Å². The zero-order valence-electron chi connectivity index (χ0n) is 6.57. The van der Waals surface area contributed by atoms with Gasteiger partial charge in [0, 0.05) is 11.3 Å². The molecule has 0 bridgehead atoms. The second kappa shape index (κ2) is 3.32. The van der Waals surface area contributed by atoms with E-state index in [1.54, 1.807) is 24.4 Å². The van der Waals surface area contributed by atoms with Crippen molar-refractivity contribution >= 4 is 29.0 Å². The van der Waals surface area contributed by atoms with Gasteiger partial charge in [-0.05, 0) is 18.2 Å². The van der Waals surface area contributed by atoms with E-state index in [1.165, 1.54) is 0 Å². The molecule has 0 atom stereocenters. The molecule has 0 amide bonds. The molecular weight excluding hydrogens is 206 g/mol. The zero-order chi connectivity index (χ0) is 9.26. The van der Waals surface area contributed by atoms with Gasteiger partial charge in [-0.1, -0.05) is 11.6 Å². The average Bonchev–Trinajstić information content (AvgIpc) is 2.61. The Morgan fingerprint density at radius 2 is 2.23 bits per heavy atom. The average molecular weight is 212 g/mol. The molecule has 0 saturated heterocycles. The molecule has 0 unspecified atom stereocenters. The van der Waals surface area contributed by atoms with E-state index in [1.807, 2.05) is 0 Å². The molecule has 2 aromatic rings. The Hall–Kier alpha value is -1.13. The van der Waals surface area contributed by atoms with Crippen LogP contribution >= 0.6 is 23.3 Å². The first-order valence-corrected chi connectivity index (χ1v) is 4.71. The summed E-state index contributed by atoms with van der Waals surface area (Å²) in [6.07, 6.45) is 1.67. The lowest BCUT2D eigenvalue weighted by Crippen LogP contribution is -1.86. The number of nitrogens with zero attached hydrogens (tertiary/aromatic N) is 2. The van der Waals surface area contributed by atoms with Crippen molar-refractivity contribution in [2.24, 2.45) is 0 Å². The molecule has 0 aliphatic heterocycles. The van der Waals surface area contributed by atoms with Gasteiger partial charge in [0.1, 0.15) is 5.69 Å². The summed E-state index contributed by atoms with van der Waals surface area (Å²) in [6.45, 7) is 0. The molecule has 3 nitrogen and oxygen atoms in total. The van der Waals surface area contributed by atoms with Crippen LogP contribution < -0.4 is 5.73 Å². The molecule has 66 valence electrons. The summed E-state index contributed by atoms with van der Waals surface area (Å²) in [4.78, 5) is 0. The second-order valence-electron chi connectivity index (χ2n) is 2.53. The van der Waals surface area contributed by atoms with Crippen LogP contribution in [0.4, 0.5) is 5.69 Å². The molecule has 0 radical (unpaired) electrons. The van der Waals surface area contributed by atoms with Gasteiger partial charge in [-0.3, -0.25) is 0 Å². The van der Waals surface area contributed by atoms with E-state index in [2.05, 4.69) is 8.75 Å². The SMILES string of the molecule is Nc1ccc(Cl)c(-c2cnsn2)c1. The van der Waals surface area contributed by atoms with Crippen LogP contribution in [0.2, 0.25) is 5.02 Å². The summed E-state index contributed by atoms with van der Waals surface area (Å²) in [5.74, 6) is 0. The van der Waals surface area contributed by atoms with Gasteiger partial charge in [0.15, 0.2) is 0 Å². The molecule has 1 aromatic carbocycles. The van der Waals surface area contributed by atoms with E-state index in [0.717, 1.165) is 23.0 Å². The second-order valence-corrected chi connectivity index (χ2v) is 3.50. The van der Waals surface area contributed by atoms with Gasteiger partial charge in [-0.2, -0.15) is 8.75 Å². The van der Waals surface area contributed by atoms with Crippen molar-refractivity contribution in [1.82, 2.24) is 8.75 Å². The molecule has 13 heavy (non-hydrogen) atoms. The Kier molecular flexibility index (Phi) is 2.16. The van der Waals surface area contributed by atoms with Gasteiger partial charge >= 0.3 is 0 Å². The number of hydrogen-bond donors (Lipinski definition) is 1. The zero-order valence-corrected chi connectivity index (χ0v) is 8.14. The summed E-state index contributed by atoms with van der Waals surface area (Å²) in [6, 6.07) is 5.30. The summed E-state index contributed by atoms with van der Waals surface area (Å²) >= 11 is 7.12. The Labute approximate surface area is 84.5 Å². The normalized spacial score (nSPS) is 10.2. The van der Waals surface area contributed by atoms with Crippen molar-refractivity contribution in [1.29, 1.82) is 0 Å². The number of benzene rings is 1. The lowest BCUT2D eigenvalue weighted by Gasteiger charge is -2.00. The van der Waals surface area contributed by atoms with E-state index < -0.39 is 0 Å². The van der Waals surface area contributed by atoms with Gasteiger partial charge in [0.05, 0.1) is 22.9 Å². The lowest BCUT2D eigenvalue weighted by atomic mass is 10.1. The number of halogens is 1. The van der Waals surface area contributed by atoms with Gasteiger partial charge in [-0.25, -0.2) is 0 Å². The van der Waals surface area contributed by atoms with Gasteiger partial charge < -0.3 is 5.73 Å². The van der Waals surface area contributed by atoms with E-state index in [9.17, 15) is 0 Å². The molecule has 0 aliphatic carbocycles. The molecule has 1 aromatic heterocycles. The van der Waals surface area contributed by atoms with E-state index >= 15 is 0 Å². The highest BCUT2D eigenvalue weighted by Gasteiger charge is 2.05. The minimum Gasteiger partial charge on any atom is -0.399 e. The first-order valence-electron chi connectivity index (χ1n) is 3.60. The molecule has 0 aliphatic rings.